The van der Waals surface area contributed by atoms with Crippen LogP contribution >= 0.6 is 0 Å². The van der Waals surface area contributed by atoms with Crippen molar-refractivity contribution in [2.24, 2.45) is 0 Å². The molecule has 0 aliphatic carbocycles. The van der Waals surface area contributed by atoms with E-state index in [1.165, 1.54) is 16.3 Å². The SMILES string of the molecule is c1ccc(-c2nc(-c3ccccc3)nc(-c3cccc(-c4ccc5oc6cccc(-c7cccc8c7-c7ccccc7OC8)c6c5c4-n4c5ccccc5c5ccccc54)c3)n2)cc1. The highest BCUT2D eigenvalue weighted by Gasteiger charge is 2.27. The summed E-state index contributed by atoms with van der Waals surface area (Å²) >= 11 is 0. The number of benzene rings is 9. The molecule has 0 atom stereocenters. The summed E-state index contributed by atoms with van der Waals surface area (Å²) in [4.78, 5) is 15.2. The standard InChI is InChI=1S/C58H36N4O2/c1-3-16-36(17-4-1)56-59-57(37-18-5-2-6-19-37)61-58(60-56)39-21-13-20-38(34-39)41-32-33-51-54(55(41)62-47-28-10-7-23-42(47)43-24-8-11-29-48(43)62)53-45(27-15-31-50(53)64-51)44-26-14-22-40-35-63-49-30-12-9-25-46(49)52(40)44/h1-34H,35H2. The molecule has 300 valence electrons. The Labute approximate surface area is 368 Å². The fraction of sp³-hybridized carbons (Fsp3) is 0.0172. The van der Waals surface area contributed by atoms with Gasteiger partial charge < -0.3 is 13.7 Å². The largest absolute Gasteiger partial charge is 0.488 e. The molecule has 4 heterocycles. The number of furan rings is 1. The van der Waals surface area contributed by atoms with Gasteiger partial charge in [0, 0.05) is 44.0 Å². The summed E-state index contributed by atoms with van der Waals surface area (Å²) in [5, 5.41) is 4.46. The van der Waals surface area contributed by atoms with Crippen LogP contribution in [0.2, 0.25) is 0 Å². The minimum atomic E-state index is 0.510. The molecule has 13 rings (SSSR count). The maximum Gasteiger partial charge on any atom is 0.164 e. The van der Waals surface area contributed by atoms with E-state index in [9.17, 15) is 0 Å². The van der Waals surface area contributed by atoms with Crippen LogP contribution in [0, 0.1) is 0 Å². The molecule has 0 N–H and O–H groups in total. The number of hydrogen-bond acceptors (Lipinski definition) is 5. The number of rotatable bonds is 6. The number of para-hydroxylation sites is 3. The Morgan fingerprint density at radius 1 is 0.391 bits per heavy atom. The molecule has 9 aromatic carbocycles. The Bertz CT molecular complexity index is 3680. The summed E-state index contributed by atoms with van der Waals surface area (Å²) < 4.78 is 15.6. The third kappa shape index (κ3) is 5.70. The van der Waals surface area contributed by atoms with Gasteiger partial charge in [-0.25, -0.2) is 15.0 Å². The van der Waals surface area contributed by atoms with E-state index >= 15 is 0 Å². The summed E-state index contributed by atoms with van der Waals surface area (Å²) in [6, 6.07) is 71.9. The summed E-state index contributed by atoms with van der Waals surface area (Å²) in [6.07, 6.45) is 0. The predicted octanol–water partition coefficient (Wildman–Crippen LogP) is 14.8. The van der Waals surface area contributed by atoms with Gasteiger partial charge in [-0.3, -0.25) is 0 Å². The molecule has 0 saturated heterocycles. The van der Waals surface area contributed by atoms with Crippen molar-refractivity contribution < 1.29 is 9.15 Å². The van der Waals surface area contributed by atoms with Crippen LogP contribution in [-0.2, 0) is 6.61 Å². The molecule has 0 saturated carbocycles. The molecule has 0 bridgehead atoms. The lowest BCUT2D eigenvalue weighted by Gasteiger charge is -2.24. The van der Waals surface area contributed by atoms with Crippen molar-refractivity contribution in [2.75, 3.05) is 0 Å². The number of hydrogen-bond donors (Lipinski definition) is 0. The van der Waals surface area contributed by atoms with E-state index in [-0.39, 0.29) is 0 Å². The minimum Gasteiger partial charge on any atom is -0.488 e. The van der Waals surface area contributed by atoms with Crippen LogP contribution in [-0.4, -0.2) is 19.5 Å². The highest BCUT2D eigenvalue weighted by Crippen LogP contribution is 2.49. The van der Waals surface area contributed by atoms with Crippen molar-refractivity contribution in [2.45, 2.75) is 6.61 Å². The van der Waals surface area contributed by atoms with E-state index in [1.807, 2.05) is 66.7 Å². The van der Waals surface area contributed by atoms with Crippen molar-refractivity contribution >= 4 is 43.7 Å². The average Bonchev–Trinajstić information content (AvgIpc) is 3.92. The summed E-state index contributed by atoms with van der Waals surface area (Å²) in [5.74, 6) is 2.74. The minimum absolute atomic E-state index is 0.510. The maximum absolute atomic E-state index is 6.92. The zero-order valence-corrected chi connectivity index (χ0v) is 34.4. The molecular formula is C58H36N4O2. The molecular weight excluding hydrogens is 785 g/mol. The normalized spacial score (nSPS) is 12.1. The highest BCUT2D eigenvalue weighted by atomic mass is 16.5. The van der Waals surface area contributed by atoms with Gasteiger partial charge in [-0.1, -0.05) is 164 Å². The molecule has 0 spiro atoms. The van der Waals surface area contributed by atoms with Crippen LogP contribution in [0.5, 0.6) is 5.75 Å². The zero-order valence-electron chi connectivity index (χ0n) is 34.4. The first-order valence-corrected chi connectivity index (χ1v) is 21.5. The number of ether oxygens (including phenoxy) is 1. The highest BCUT2D eigenvalue weighted by molar-refractivity contribution is 6.21. The Morgan fingerprint density at radius 2 is 0.938 bits per heavy atom. The van der Waals surface area contributed by atoms with E-state index in [4.69, 9.17) is 24.1 Å². The van der Waals surface area contributed by atoms with Gasteiger partial charge in [0.25, 0.3) is 0 Å². The van der Waals surface area contributed by atoms with Gasteiger partial charge in [0.2, 0.25) is 0 Å². The van der Waals surface area contributed by atoms with Crippen molar-refractivity contribution in [3.8, 4) is 79.0 Å². The van der Waals surface area contributed by atoms with Gasteiger partial charge in [0.1, 0.15) is 23.5 Å². The van der Waals surface area contributed by atoms with Crippen LogP contribution in [0.25, 0.3) is 117 Å². The van der Waals surface area contributed by atoms with E-state index < -0.39 is 0 Å². The predicted molar refractivity (Wildman–Crippen MR) is 258 cm³/mol. The number of nitrogens with zero attached hydrogens (tertiary/aromatic N) is 4. The van der Waals surface area contributed by atoms with Gasteiger partial charge in [-0.05, 0) is 70.3 Å². The molecule has 64 heavy (non-hydrogen) atoms. The second kappa shape index (κ2) is 14.5. The first kappa shape index (κ1) is 36.1. The lowest BCUT2D eigenvalue weighted by Crippen LogP contribution is -2.06. The van der Waals surface area contributed by atoms with Crippen molar-refractivity contribution in [3.63, 3.8) is 0 Å². The molecule has 0 fully saturated rings. The van der Waals surface area contributed by atoms with Crippen molar-refractivity contribution in [1.29, 1.82) is 0 Å². The second-order valence-electron chi connectivity index (χ2n) is 16.2. The third-order valence-corrected chi connectivity index (χ3v) is 12.6. The molecule has 1 aliphatic rings. The van der Waals surface area contributed by atoms with E-state index in [0.29, 0.717) is 24.1 Å². The fourth-order valence-corrected chi connectivity index (χ4v) is 9.73. The first-order chi connectivity index (χ1) is 31.7. The molecule has 0 radical (unpaired) electrons. The van der Waals surface area contributed by atoms with Crippen LogP contribution < -0.4 is 4.74 Å². The van der Waals surface area contributed by atoms with Gasteiger partial charge in [0.15, 0.2) is 17.5 Å². The summed E-state index contributed by atoms with van der Waals surface area (Å²) in [7, 11) is 0. The Morgan fingerprint density at radius 3 is 1.67 bits per heavy atom. The van der Waals surface area contributed by atoms with Crippen LogP contribution in [0.15, 0.2) is 211 Å². The van der Waals surface area contributed by atoms with Gasteiger partial charge in [-0.2, -0.15) is 0 Å². The van der Waals surface area contributed by atoms with E-state index in [1.54, 1.807) is 0 Å². The average molecular weight is 821 g/mol. The second-order valence-corrected chi connectivity index (χ2v) is 16.2. The lowest BCUT2D eigenvalue weighted by molar-refractivity contribution is 0.302. The van der Waals surface area contributed by atoms with Gasteiger partial charge >= 0.3 is 0 Å². The molecule has 0 amide bonds. The molecule has 6 nitrogen and oxygen atoms in total. The van der Waals surface area contributed by atoms with Gasteiger partial charge in [0.05, 0.1) is 22.1 Å². The van der Waals surface area contributed by atoms with E-state index in [0.717, 1.165) is 94.5 Å². The number of fused-ring (bicyclic) bond motifs is 9. The fourth-order valence-electron chi connectivity index (χ4n) is 9.73. The summed E-state index contributed by atoms with van der Waals surface area (Å²) in [5.41, 5.74) is 15.4. The van der Waals surface area contributed by atoms with Crippen LogP contribution in [0.1, 0.15) is 5.56 Å². The zero-order chi connectivity index (χ0) is 42.1. The summed E-state index contributed by atoms with van der Waals surface area (Å²) in [6.45, 7) is 0.510. The molecule has 3 aromatic heterocycles. The third-order valence-electron chi connectivity index (χ3n) is 12.6. The Hall–Kier alpha value is -8.61. The monoisotopic (exact) mass is 820 g/mol. The smallest absolute Gasteiger partial charge is 0.164 e. The van der Waals surface area contributed by atoms with Crippen LogP contribution in [0.4, 0.5) is 0 Å². The lowest BCUT2D eigenvalue weighted by atomic mass is 9.87. The van der Waals surface area contributed by atoms with Crippen LogP contribution in [0.3, 0.4) is 0 Å². The van der Waals surface area contributed by atoms with Crippen molar-refractivity contribution in [3.05, 3.63) is 212 Å². The molecule has 0 unspecified atom stereocenters. The first-order valence-electron chi connectivity index (χ1n) is 21.5. The number of aromatic nitrogens is 4. The quantitative estimate of drug-likeness (QED) is 0.167. The Kier molecular flexibility index (Phi) is 8.18. The van der Waals surface area contributed by atoms with Crippen molar-refractivity contribution in [1.82, 2.24) is 19.5 Å². The maximum atomic E-state index is 6.92. The molecule has 1 aliphatic heterocycles. The topological polar surface area (TPSA) is 66.0 Å². The Balaban J connectivity index is 1.11. The molecule has 12 aromatic rings. The van der Waals surface area contributed by atoms with Gasteiger partial charge in [-0.15, -0.1) is 0 Å². The molecule has 6 heteroatoms. The van der Waals surface area contributed by atoms with E-state index in [2.05, 4.69) is 144 Å².